The molecular weight excluding hydrogens is 261 g/mol. The van der Waals surface area contributed by atoms with Crippen molar-refractivity contribution in [3.05, 3.63) is 0 Å². The second-order valence-electron chi connectivity index (χ2n) is 3.01. The van der Waals surface area contributed by atoms with Gasteiger partial charge in [-0.1, -0.05) is 42.4 Å². The van der Waals surface area contributed by atoms with Gasteiger partial charge in [-0.25, -0.2) is 8.78 Å². The second-order valence-corrected chi connectivity index (χ2v) is 4.78. The van der Waals surface area contributed by atoms with Gasteiger partial charge in [0.2, 0.25) is 5.92 Å². The van der Waals surface area contributed by atoms with Gasteiger partial charge in [-0.15, -0.1) is 0 Å². The Morgan fingerprint density at radius 1 is 1.45 bits per heavy atom. The number of alkyl halides is 3. The van der Waals surface area contributed by atoms with Gasteiger partial charge in [-0.2, -0.15) is 0 Å². The van der Waals surface area contributed by atoms with Crippen molar-refractivity contribution in [2.24, 2.45) is 0 Å². The standard InChI is InChI=1S/C8H15F2I/c1-3-4-5-7(11)6-8(2,9)10/h7H,3-6H2,1-2H3. The molecule has 1 atom stereocenters. The second kappa shape index (κ2) is 5.27. The molecule has 0 fully saturated rings. The molecule has 0 radical (unpaired) electrons. The highest BCUT2D eigenvalue weighted by molar-refractivity contribution is 14.1. The van der Waals surface area contributed by atoms with E-state index in [9.17, 15) is 8.78 Å². The zero-order valence-corrected chi connectivity index (χ0v) is 9.20. The van der Waals surface area contributed by atoms with Crippen LogP contribution < -0.4 is 0 Å². The zero-order chi connectivity index (χ0) is 8.91. The van der Waals surface area contributed by atoms with Crippen LogP contribution in [-0.2, 0) is 0 Å². The Balaban J connectivity index is 3.44. The fraction of sp³-hybridized carbons (Fsp3) is 1.00. The van der Waals surface area contributed by atoms with E-state index in [-0.39, 0.29) is 10.3 Å². The Bertz CT molecular complexity index is 98.8. The summed E-state index contributed by atoms with van der Waals surface area (Å²) in [4.78, 5) is 0. The Morgan fingerprint density at radius 2 is 2.00 bits per heavy atom. The van der Waals surface area contributed by atoms with Crippen molar-refractivity contribution in [1.82, 2.24) is 0 Å². The highest BCUT2D eigenvalue weighted by Crippen LogP contribution is 2.26. The van der Waals surface area contributed by atoms with Crippen molar-refractivity contribution >= 4 is 22.6 Å². The number of unbranched alkanes of at least 4 members (excludes halogenated alkanes) is 1. The molecule has 0 aromatic carbocycles. The summed E-state index contributed by atoms with van der Waals surface area (Å²) in [5.74, 6) is -2.49. The average molecular weight is 276 g/mol. The van der Waals surface area contributed by atoms with Crippen LogP contribution in [-0.4, -0.2) is 9.85 Å². The van der Waals surface area contributed by atoms with Gasteiger partial charge in [0.05, 0.1) is 0 Å². The van der Waals surface area contributed by atoms with Gasteiger partial charge in [0.1, 0.15) is 0 Å². The normalized spacial score (nSPS) is 15.0. The van der Waals surface area contributed by atoms with Crippen molar-refractivity contribution in [3.63, 3.8) is 0 Å². The maximum absolute atomic E-state index is 12.4. The molecule has 0 aliphatic heterocycles. The van der Waals surface area contributed by atoms with E-state index in [4.69, 9.17) is 0 Å². The van der Waals surface area contributed by atoms with Crippen molar-refractivity contribution in [2.45, 2.75) is 49.4 Å². The third-order valence-electron chi connectivity index (χ3n) is 1.45. The van der Waals surface area contributed by atoms with Crippen LogP contribution in [0.4, 0.5) is 8.78 Å². The first-order valence-electron chi connectivity index (χ1n) is 3.97. The molecule has 0 spiro atoms. The third kappa shape index (κ3) is 8.50. The van der Waals surface area contributed by atoms with Crippen molar-refractivity contribution in [1.29, 1.82) is 0 Å². The minimum atomic E-state index is -2.49. The van der Waals surface area contributed by atoms with E-state index < -0.39 is 5.92 Å². The first kappa shape index (κ1) is 11.6. The first-order valence-corrected chi connectivity index (χ1v) is 5.22. The predicted molar refractivity (Wildman–Crippen MR) is 52.6 cm³/mol. The molecule has 0 nitrogen and oxygen atoms in total. The van der Waals surface area contributed by atoms with Crippen LogP contribution in [0.3, 0.4) is 0 Å². The summed E-state index contributed by atoms with van der Waals surface area (Å²) < 4.78 is 24.9. The molecule has 0 rings (SSSR count). The molecular formula is C8H15F2I. The van der Waals surface area contributed by atoms with E-state index in [1.165, 1.54) is 0 Å². The Kier molecular flexibility index (Phi) is 5.56. The predicted octanol–water partition coefficient (Wildman–Crippen LogP) is 4.03. The van der Waals surface area contributed by atoms with Crippen molar-refractivity contribution < 1.29 is 8.78 Å². The van der Waals surface area contributed by atoms with Gasteiger partial charge in [-0.05, 0) is 13.3 Å². The number of hydrogen-bond donors (Lipinski definition) is 0. The third-order valence-corrected chi connectivity index (χ3v) is 2.51. The van der Waals surface area contributed by atoms with E-state index in [1.807, 2.05) is 0 Å². The van der Waals surface area contributed by atoms with E-state index >= 15 is 0 Å². The molecule has 0 saturated carbocycles. The first-order chi connectivity index (χ1) is 4.95. The lowest BCUT2D eigenvalue weighted by atomic mass is 10.1. The molecule has 11 heavy (non-hydrogen) atoms. The molecule has 0 amide bonds. The molecule has 0 bridgehead atoms. The monoisotopic (exact) mass is 276 g/mol. The van der Waals surface area contributed by atoms with E-state index in [0.717, 1.165) is 26.2 Å². The molecule has 0 aliphatic carbocycles. The minimum absolute atomic E-state index is 0.0214. The van der Waals surface area contributed by atoms with Crippen LogP contribution in [0.5, 0.6) is 0 Å². The van der Waals surface area contributed by atoms with Crippen LogP contribution in [0.15, 0.2) is 0 Å². The van der Waals surface area contributed by atoms with Gasteiger partial charge in [0.25, 0.3) is 0 Å². The maximum atomic E-state index is 12.4. The molecule has 0 aromatic rings. The lowest BCUT2D eigenvalue weighted by Crippen LogP contribution is -2.16. The molecule has 1 unspecified atom stereocenters. The van der Waals surface area contributed by atoms with Crippen LogP contribution in [0.25, 0.3) is 0 Å². The van der Waals surface area contributed by atoms with Crippen LogP contribution in [0, 0.1) is 0 Å². The van der Waals surface area contributed by atoms with Crippen LogP contribution in [0.2, 0.25) is 0 Å². The fourth-order valence-corrected chi connectivity index (χ4v) is 2.13. The summed E-state index contributed by atoms with van der Waals surface area (Å²) >= 11 is 2.11. The number of hydrogen-bond acceptors (Lipinski definition) is 0. The average Bonchev–Trinajstić information content (AvgIpc) is 1.79. The Hall–Kier alpha value is 0.590. The number of halogens is 3. The quantitative estimate of drug-likeness (QED) is 0.525. The highest BCUT2D eigenvalue weighted by Gasteiger charge is 2.24. The maximum Gasteiger partial charge on any atom is 0.246 e. The van der Waals surface area contributed by atoms with Crippen LogP contribution in [0.1, 0.15) is 39.5 Å². The van der Waals surface area contributed by atoms with Gasteiger partial charge in [0.15, 0.2) is 0 Å². The van der Waals surface area contributed by atoms with E-state index in [2.05, 4.69) is 29.5 Å². The van der Waals surface area contributed by atoms with Gasteiger partial charge in [-0.3, -0.25) is 0 Å². The zero-order valence-electron chi connectivity index (χ0n) is 7.04. The summed E-state index contributed by atoms with van der Waals surface area (Å²) in [5.41, 5.74) is 0. The highest BCUT2D eigenvalue weighted by atomic mass is 127. The number of rotatable bonds is 5. The van der Waals surface area contributed by atoms with Gasteiger partial charge < -0.3 is 0 Å². The minimum Gasteiger partial charge on any atom is -0.207 e. The summed E-state index contributed by atoms with van der Waals surface area (Å²) in [6, 6.07) is 0. The van der Waals surface area contributed by atoms with Crippen LogP contribution >= 0.6 is 22.6 Å². The summed E-state index contributed by atoms with van der Waals surface area (Å²) in [6.07, 6.45) is 3.09. The molecule has 68 valence electrons. The molecule has 0 aliphatic rings. The Morgan fingerprint density at radius 3 is 2.36 bits per heavy atom. The van der Waals surface area contributed by atoms with Crippen molar-refractivity contribution in [2.75, 3.05) is 0 Å². The molecule has 0 saturated heterocycles. The molecule has 3 heteroatoms. The topological polar surface area (TPSA) is 0 Å². The van der Waals surface area contributed by atoms with Crippen molar-refractivity contribution in [3.8, 4) is 0 Å². The lowest BCUT2D eigenvalue weighted by Gasteiger charge is -2.14. The SMILES string of the molecule is CCCCC(I)CC(C)(F)F. The lowest BCUT2D eigenvalue weighted by molar-refractivity contribution is 0.0133. The van der Waals surface area contributed by atoms with E-state index in [1.54, 1.807) is 0 Å². The Labute approximate surface area is 80.9 Å². The van der Waals surface area contributed by atoms with Gasteiger partial charge >= 0.3 is 0 Å². The van der Waals surface area contributed by atoms with Gasteiger partial charge in [0, 0.05) is 10.3 Å². The summed E-state index contributed by atoms with van der Waals surface area (Å²) in [5, 5.41) is 0. The fourth-order valence-electron chi connectivity index (χ4n) is 0.917. The molecule has 0 aromatic heterocycles. The largest absolute Gasteiger partial charge is 0.246 e. The molecule has 0 N–H and O–H groups in total. The molecule has 0 heterocycles. The summed E-state index contributed by atoms with van der Waals surface area (Å²) in [7, 11) is 0. The summed E-state index contributed by atoms with van der Waals surface area (Å²) in [6.45, 7) is 3.07. The smallest absolute Gasteiger partial charge is 0.207 e. The van der Waals surface area contributed by atoms with E-state index in [0.29, 0.717) is 0 Å².